The maximum Gasteiger partial charge on any atom is 0.273 e. The van der Waals surface area contributed by atoms with Gasteiger partial charge in [0.15, 0.2) is 11.5 Å². The van der Waals surface area contributed by atoms with Crippen LogP contribution in [0.4, 0.5) is 5.82 Å². The van der Waals surface area contributed by atoms with Crippen LogP contribution in [-0.4, -0.2) is 22.4 Å². The van der Waals surface area contributed by atoms with Crippen LogP contribution in [0.5, 0.6) is 0 Å². The van der Waals surface area contributed by atoms with E-state index in [0.717, 1.165) is 12.8 Å². The van der Waals surface area contributed by atoms with Gasteiger partial charge in [-0.25, -0.2) is 9.97 Å². The van der Waals surface area contributed by atoms with E-state index in [0.29, 0.717) is 6.54 Å². The number of aromatic nitrogens is 2. The molecule has 114 valence electrons. The van der Waals surface area contributed by atoms with Crippen LogP contribution in [0.1, 0.15) is 41.7 Å². The number of rotatable bonds is 4. The normalized spacial score (nSPS) is 16.4. The third-order valence-corrected chi connectivity index (χ3v) is 4.48. The summed E-state index contributed by atoms with van der Waals surface area (Å²) in [7, 11) is 0. The van der Waals surface area contributed by atoms with E-state index in [1.54, 1.807) is 0 Å². The molecule has 5 heteroatoms. The van der Waals surface area contributed by atoms with Gasteiger partial charge >= 0.3 is 0 Å². The third kappa shape index (κ3) is 2.79. The second kappa shape index (κ2) is 6.13. The van der Waals surface area contributed by atoms with Crippen LogP contribution < -0.4 is 11.1 Å². The molecule has 0 bridgehead atoms. The Balaban J connectivity index is 1.76. The molecule has 1 saturated carbocycles. The smallest absolute Gasteiger partial charge is 0.273 e. The van der Waals surface area contributed by atoms with Crippen molar-refractivity contribution in [2.24, 2.45) is 0 Å². The van der Waals surface area contributed by atoms with Crippen molar-refractivity contribution in [3.63, 3.8) is 0 Å². The number of amides is 1. The molecule has 0 aliphatic heterocycles. The number of anilines is 1. The molecule has 1 heterocycles. The van der Waals surface area contributed by atoms with E-state index >= 15 is 0 Å². The Bertz CT molecular complexity index is 651. The van der Waals surface area contributed by atoms with Crippen LogP contribution in [0.15, 0.2) is 42.7 Å². The lowest BCUT2D eigenvalue weighted by atomic mass is 9.79. The van der Waals surface area contributed by atoms with E-state index in [4.69, 9.17) is 5.73 Å². The molecule has 1 aliphatic carbocycles. The molecule has 0 radical (unpaired) electrons. The van der Waals surface area contributed by atoms with Crippen LogP contribution in [-0.2, 0) is 5.41 Å². The molecule has 0 unspecified atom stereocenters. The first kappa shape index (κ1) is 14.5. The molecule has 3 rings (SSSR count). The van der Waals surface area contributed by atoms with Crippen LogP contribution in [0.2, 0.25) is 0 Å². The average molecular weight is 296 g/mol. The Hall–Kier alpha value is -2.43. The van der Waals surface area contributed by atoms with Gasteiger partial charge in [0, 0.05) is 24.4 Å². The Morgan fingerprint density at radius 2 is 1.82 bits per heavy atom. The van der Waals surface area contributed by atoms with Gasteiger partial charge < -0.3 is 11.1 Å². The zero-order valence-electron chi connectivity index (χ0n) is 12.5. The van der Waals surface area contributed by atoms with Crippen LogP contribution in [0.25, 0.3) is 0 Å². The first-order chi connectivity index (χ1) is 10.7. The number of nitrogens with zero attached hydrogens (tertiary/aromatic N) is 2. The monoisotopic (exact) mass is 296 g/mol. The van der Waals surface area contributed by atoms with Crippen molar-refractivity contribution in [2.75, 3.05) is 12.3 Å². The van der Waals surface area contributed by atoms with Crippen molar-refractivity contribution in [1.82, 2.24) is 15.3 Å². The molecule has 2 aromatic rings. The number of carbonyl (C=O) groups is 1. The van der Waals surface area contributed by atoms with Gasteiger partial charge in [0.05, 0.1) is 0 Å². The van der Waals surface area contributed by atoms with Gasteiger partial charge in [-0.15, -0.1) is 0 Å². The Morgan fingerprint density at radius 3 is 2.50 bits per heavy atom. The molecule has 1 aromatic heterocycles. The summed E-state index contributed by atoms with van der Waals surface area (Å²) in [6.07, 6.45) is 7.53. The number of hydrogen-bond acceptors (Lipinski definition) is 4. The summed E-state index contributed by atoms with van der Waals surface area (Å²) in [6.45, 7) is 0.603. The van der Waals surface area contributed by atoms with E-state index in [1.807, 2.05) is 6.07 Å². The summed E-state index contributed by atoms with van der Waals surface area (Å²) in [5.41, 5.74) is 7.23. The fraction of sp³-hybridized carbons (Fsp3) is 0.353. The Labute approximate surface area is 130 Å². The highest BCUT2D eigenvalue weighted by Gasteiger charge is 2.36. The molecule has 1 aliphatic rings. The van der Waals surface area contributed by atoms with Gasteiger partial charge in [0.1, 0.15) is 0 Å². The van der Waals surface area contributed by atoms with Crippen molar-refractivity contribution in [3.8, 4) is 0 Å². The number of carbonyl (C=O) groups excluding carboxylic acids is 1. The summed E-state index contributed by atoms with van der Waals surface area (Å²) >= 11 is 0. The predicted octanol–water partition coefficient (Wildman–Crippen LogP) is 2.30. The first-order valence-corrected chi connectivity index (χ1v) is 7.61. The highest BCUT2D eigenvalue weighted by molar-refractivity contribution is 5.96. The molecule has 0 saturated heterocycles. The predicted molar refractivity (Wildman–Crippen MR) is 85.4 cm³/mol. The molecular formula is C17H20N4O. The lowest BCUT2D eigenvalue weighted by molar-refractivity contribution is 0.0939. The second-order valence-corrected chi connectivity index (χ2v) is 5.83. The molecule has 1 fully saturated rings. The number of hydrogen-bond donors (Lipinski definition) is 2. The molecule has 0 atom stereocenters. The van der Waals surface area contributed by atoms with E-state index in [-0.39, 0.29) is 22.8 Å². The van der Waals surface area contributed by atoms with E-state index in [1.165, 1.54) is 30.8 Å². The van der Waals surface area contributed by atoms with Crippen molar-refractivity contribution >= 4 is 11.7 Å². The fourth-order valence-electron chi connectivity index (χ4n) is 3.27. The van der Waals surface area contributed by atoms with Crippen LogP contribution in [0.3, 0.4) is 0 Å². The van der Waals surface area contributed by atoms with Gasteiger partial charge in [0.2, 0.25) is 0 Å². The van der Waals surface area contributed by atoms with Crippen molar-refractivity contribution in [1.29, 1.82) is 0 Å². The van der Waals surface area contributed by atoms with Gasteiger partial charge in [0.25, 0.3) is 5.91 Å². The lowest BCUT2D eigenvalue weighted by Gasteiger charge is -2.30. The summed E-state index contributed by atoms with van der Waals surface area (Å²) in [4.78, 5) is 20.2. The van der Waals surface area contributed by atoms with E-state index in [9.17, 15) is 4.79 Å². The van der Waals surface area contributed by atoms with Crippen LogP contribution >= 0.6 is 0 Å². The van der Waals surface area contributed by atoms with Gasteiger partial charge in [-0.1, -0.05) is 43.2 Å². The Kier molecular flexibility index (Phi) is 4.04. The summed E-state index contributed by atoms with van der Waals surface area (Å²) in [6, 6.07) is 10.4. The third-order valence-electron chi connectivity index (χ3n) is 4.48. The highest BCUT2D eigenvalue weighted by atomic mass is 16.1. The fourth-order valence-corrected chi connectivity index (χ4v) is 3.27. The quantitative estimate of drug-likeness (QED) is 0.907. The van der Waals surface area contributed by atoms with Gasteiger partial charge in [-0.3, -0.25) is 4.79 Å². The van der Waals surface area contributed by atoms with Gasteiger partial charge in [-0.05, 0) is 18.4 Å². The molecular weight excluding hydrogens is 276 g/mol. The average Bonchev–Trinajstić information content (AvgIpc) is 3.04. The number of nitrogens with one attached hydrogen (secondary N) is 1. The van der Waals surface area contributed by atoms with Gasteiger partial charge in [-0.2, -0.15) is 0 Å². The maximum absolute atomic E-state index is 12.3. The SMILES string of the molecule is Nc1nccnc1C(=O)NCC1(c2ccccc2)CCCC1. The van der Waals surface area contributed by atoms with E-state index in [2.05, 4.69) is 39.6 Å². The topological polar surface area (TPSA) is 80.9 Å². The molecule has 3 N–H and O–H groups in total. The zero-order chi connectivity index (χ0) is 15.4. The lowest BCUT2D eigenvalue weighted by Crippen LogP contribution is -2.39. The molecule has 5 nitrogen and oxygen atoms in total. The molecule has 1 amide bonds. The molecule has 22 heavy (non-hydrogen) atoms. The van der Waals surface area contributed by atoms with Crippen molar-refractivity contribution < 1.29 is 4.79 Å². The molecule has 0 spiro atoms. The maximum atomic E-state index is 12.3. The highest BCUT2D eigenvalue weighted by Crippen LogP contribution is 2.40. The number of benzene rings is 1. The zero-order valence-corrected chi connectivity index (χ0v) is 12.5. The number of nitrogen functional groups attached to an aromatic ring is 1. The largest absolute Gasteiger partial charge is 0.382 e. The summed E-state index contributed by atoms with van der Waals surface area (Å²) in [5.74, 6) is -0.0898. The number of nitrogens with two attached hydrogens (primary N) is 1. The second-order valence-electron chi connectivity index (χ2n) is 5.83. The first-order valence-electron chi connectivity index (χ1n) is 7.61. The van der Waals surface area contributed by atoms with Crippen molar-refractivity contribution in [2.45, 2.75) is 31.1 Å². The van der Waals surface area contributed by atoms with Crippen molar-refractivity contribution in [3.05, 3.63) is 54.0 Å². The standard InChI is InChI=1S/C17H20N4O/c18-15-14(19-10-11-20-15)16(22)21-12-17(8-4-5-9-17)13-6-2-1-3-7-13/h1-3,6-7,10-11H,4-5,8-9,12H2,(H2,18,20)(H,21,22). The minimum atomic E-state index is -0.257. The van der Waals surface area contributed by atoms with Crippen LogP contribution in [0, 0.1) is 0 Å². The minimum Gasteiger partial charge on any atom is -0.382 e. The minimum absolute atomic E-state index is 0.0217. The van der Waals surface area contributed by atoms with E-state index < -0.39 is 0 Å². The summed E-state index contributed by atoms with van der Waals surface area (Å²) < 4.78 is 0. The Morgan fingerprint density at radius 1 is 1.14 bits per heavy atom. The molecule has 1 aromatic carbocycles. The summed E-state index contributed by atoms with van der Waals surface area (Å²) in [5, 5.41) is 3.00.